The zero-order chi connectivity index (χ0) is 35.2. The zero-order valence-corrected chi connectivity index (χ0v) is 29.6. The largest absolute Gasteiger partial charge is 0.444 e. The van der Waals surface area contributed by atoms with E-state index in [0.717, 1.165) is 44.1 Å². The van der Waals surface area contributed by atoms with Crippen molar-refractivity contribution < 1.29 is 37.7 Å². The van der Waals surface area contributed by atoms with Crippen LogP contribution in [-0.4, -0.2) is 82.4 Å². The standard InChI is InChI=1S/C34H55N5O8S/c1-5-6-17-36-48(44,45)22-30(40)31(41)28(18-25-13-9-7-10-14-25)37-29(32(42)38-33(43)47-34(2,3)4)19-27-20-35-23-39(27)24-46-21-26-15-11-8-12-16-26/h8,11-12,15-16,20,23,25,28-31,36-37,40-41H,5-7,9-10,13-14,17-19,21-22,24H2,1-4H3,(H,38,42,43)/t28-,29-,30-,31+/m0/s1. The van der Waals surface area contributed by atoms with E-state index in [1.54, 1.807) is 37.9 Å². The molecule has 1 aliphatic carbocycles. The molecule has 0 aliphatic heterocycles. The maximum Gasteiger partial charge on any atom is 0.414 e. The van der Waals surface area contributed by atoms with E-state index in [2.05, 4.69) is 20.3 Å². The van der Waals surface area contributed by atoms with Crippen LogP contribution in [0.25, 0.3) is 0 Å². The summed E-state index contributed by atoms with van der Waals surface area (Å²) in [6, 6.07) is 7.73. The van der Waals surface area contributed by atoms with Gasteiger partial charge in [-0.1, -0.05) is 75.8 Å². The summed E-state index contributed by atoms with van der Waals surface area (Å²) in [5, 5.41) is 28.0. The lowest BCUT2D eigenvalue weighted by atomic mass is 9.83. The summed E-state index contributed by atoms with van der Waals surface area (Å²) >= 11 is 0. The van der Waals surface area contributed by atoms with E-state index in [1.807, 2.05) is 37.3 Å². The van der Waals surface area contributed by atoms with Gasteiger partial charge in [-0.2, -0.15) is 0 Å². The number of hydrogen-bond acceptors (Lipinski definition) is 10. The average molecular weight is 694 g/mol. The number of imidazole rings is 1. The second-order valence-electron chi connectivity index (χ2n) is 13.7. The lowest BCUT2D eigenvalue weighted by molar-refractivity contribution is -0.123. The Labute approximate surface area is 285 Å². The molecule has 13 nitrogen and oxygen atoms in total. The van der Waals surface area contributed by atoms with Crippen LogP contribution in [0.1, 0.15) is 90.3 Å². The Morgan fingerprint density at radius 1 is 1.10 bits per heavy atom. The number of nitrogens with one attached hydrogen (secondary N) is 3. The number of aliphatic hydroxyl groups excluding tert-OH is 2. The Bertz CT molecular complexity index is 1360. The van der Waals surface area contributed by atoms with Crippen molar-refractivity contribution in [3.63, 3.8) is 0 Å². The highest BCUT2D eigenvalue weighted by molar-refractivity contribution is 7.89. The molecule has 1 aromatic carbocycles. The number of aliphatic hydroxyl groups is 2. The second-order valence-corrected chi connectivity index (χ2v) is 15.5. The van der Waals surface area contributed by atoms with Crippen molar-refractivity contribution in [1.29, 1.82) is 0 Å². The first-order chi connectivity index (χ1) is 22.8. The van der Waals surface area contributed by atoms with E-state index >= 15 is 0 Å². The predicted molar refractivity (Wildman–Crippen MR) is 182 cm³/mol. The summed E-state index contributed by atoms with van der Waals surface area (Å²) in [5.41, 5.74) is 0.771. The van der Waals surface area contributed by atoms with Crippen LogP contribution in [0, 0.1) is 5.92 Å². The normalized spacial score (nSPS) is 17.0. The molecule has 0 spiro atoms. The maximum absolute atomic E-state index is 13.7. The van der Waals surface area contributed by atoms with Gasteiger partial charge in [0.05, 0.1) is 36.9 Å². The summed E-state index contributed by atoms with van der Waals surface area (Å²) < 4.78 is 40.8. The minimum atomic E-state index is -3.87. The Balaban J connectivity index is 1.83. The molecular weight excluding hydrogens is 638 g/mol. The van der Waals surface area contributed by atoms with E-state index in [4.69, 9.17) is 9.47 Å². The molecular formula is C34H55N5O8S. The van der Waals surface area contributed by atoms with Gasteiger partial charge < -0.3 is 29.6 Å². The smallest absolute Gasteiger partial charge is 0.414 e. The molecule has 14 heteroatoms. The van der Waals surface area contributed by atoms with E-state index in [0.29, 0.717) is 25.1 Å². The number of sulfonamides is 1. The predicted octanol–water partition coefficient (Wildman–Crippen LogP) is 3.39. The second kappa shape index (κ2) is 19.3. The molecule has 0 radical (unpaired) electrons. The molecule has 1 fully saturated rings. The summed E-state index contributed by atoms with van der Waals surface area (Å²) in [6.07, 6.45) is 5.98. The quantitative estimate of drug-likeness (QED) is 0.137. The summed E-state index contributed by atoms with van der Waals surface area (Å²) in [5.74, 6) is -1.20. The minimum absolute atomic E-state index is 0.0458. The van der Waals surface area contributed by atoms with Gasteiger partial charge in [0, 0.05) is 30.9 Å². The van der Waals surface area contributed by atoms with E-state index in [1.165, 1.54) is 0 Å². The molecule has 0 bridgehead atoms. The summed E-state index contributed by atoms with van der Waals surface area (Å²) in [7, 11) is -3.87. The molecule has 3 rings (SSSR count). The first kappa shape index (κ1) is 39.6. The van der Waals surface area contributed by atoms with Crippen LogP contribution in [0.3, 0.4) is 0 Å². The van der Waals surface area contributed by atoms with Crippen molar-refractivity contribution in [2.75, 3.05) is 12.3 Å². The fourth-order valence-corrected chi connectivity index (χ4v) is 7.02. The van der Waals surface area contributed by atoms with Crippen LogP contribution in [-0.2, 0) is 44.1 Å². The lowest BCUT2D eigenvalue weighted by Gasteiger charge is -2.34. The van der Waals surface area contributed by atoms with E-state index in [9.17, 15) is 28.2 Å². The van der Waals surface area contributed by atoms with Crippen molar-refractivity contribution >= 4 is 22.0 Å². The third-order valence-corrected chi connectivity index (χ3v) is 9.69. The van der Waals surface area contributed by atoms with Crippen LogP contribution in [0.4, 0.5) is 4.79 Å². The first-order valence-electron chi connectivity index (χ1n) is 17.0. The fraction of sp³-hybridized carbons (Fsp3) is 0.676. The van der Waals surface area contributed by atoms with Gasteiger partial charge >= 0.3 is 6.09 Å². The number of aromatic nitrogens is 2. The molecule has 0 saturated heterocycles. The number of ether oxygens (including phenoxy) is 2. The highest BCUT2D eigenvalue weighted by Gasteiger charge is 2.36. The summed E-state index contributed by atoms with van der Waals surface area (Å²) in [4.78, 5) is 30.6. The monoisotopic (exact) mass is 693 g/mol. The molecule has 1 heterocycles. The molecule has 270 valence electrons. The molecule has 1 aromatic heterocycles. The van der Waals surface area contributed by atoms with Crippen molar-refractivity contribution in [2.24, 2.45) is 5.92 Å². The van der Waals surface area contributed by atoms with Gasteiger partial charge in [-0.05, 0) is 45.1 Å². The van der Waals surface area contributed by atoms with Crippen LogP contribution in [0.2, 0.25) is 0 Å². The molecule has 5 N–H and O–H groups in total. The van der Waals surface area contributed by atoms with Gasteiger partial charge in [0.15, 0.2) is 0 Å². The van der Waals surface area contributed by atoms with Crippen molar-refractivity contribution in [1.82, 2.24) is 24.9 Å². The van der Waals surface area contributed by atoms with Crippen LogP contribution in [0.5, 0.6) is 0 Å². The van der Waals surface area contributed by atoms with Gasteiger partial charge in [0.2, 0.25) is 15.9 Å². The molecule has 2 amide bonds. The lowest BCUT2D eigenvalue weighted by Crippen LogP contribution is -2.57. The SMILES string of the molecule is CCCCNS(=O)(=O)C[C@H](O)[C@H](O)[C@H](CC1CCCCC1)N[C@@H](Cc1cncn1COCc1ccccc1)C(=O)NC(=O)OC(C)(C)C. The van der Waals surface area contributed by atoms with E-state index < -0.39 is 57.7 Å². The number of carbonyl (C=O) groups excluding carboxylic acids is 2. The number of nitrogens with zero attached hydrogens (tertiary/aromatic N) is 2. The Kier molecular flexibility index (Phi) is 15.9. The number of unbranched alkanes of at least 4 members (excludes halogenated alkanes) is 1. The minimum Gasteiger partial charge on any atom is -0.444 e. The number of hydrogen-bond donors (Lipinski definition) is 5. The average Bonchev–Trinajstić information content (AvgIpc) is 3.46. The zero-order valence-electron chi connectivity index (χ0n) is 28.8. The molecule has 0 unspecified atom stereocenters. The Morgan fingerprint density at radius 3 is 2.48 bits per heavy atom. The number of rotatable bonds is 19. The highest BCUT2D eigenvalue weighted by atomic mass is 32.2. The molecule has 2 aromatic rings. The molecule has 1 saturated carbocycles. The first-order valence-corrected chi connectivity index (χ1v) is 18.7. The number of alkyl carbamates (subject to hydrolysis) is 1. The van der Waals surface area contributed by atoms with Crippen LogP contribution >= 0.6 is 0 Å². The van der Waals surface area contributed by atoms with Crippen molar-refractivity contribution in [3.05, 3.63) is 54.1 Å². The Hall–Kier alpha value is -2.88. The van der Waals surface area contributed by atoms with Crippen molar-refractivity contribution in [2.45, 2.75) is 129 Å². The Morgan fingerprint density at radius 2 is 1.81 bits per heavy atom. The van der Waals surface area contributed by atoms with Gasteiger partial charge in [-0.15, -0.1) is 0 Å². The van der Waals surface area contributed by atoms with Gasteiger partial charge in [0.25, 0.3) is 0 Å². The maximum atomic E-state index is 13.7. The van der Waals surface area contributed by atoms with Crippen molar-refractivity contribution in [3.8, 4) is 0 Å². The number of amides is 2. The number of imide groups is 1. The highest BCUT2D eigenvalue weighted by Crippen LogP contribution is 2.29. The third kappa shape index (κ3) is 14.3. The van der Waals surface area contributed by atoms with Gasteiger partial charge in [-0.3, -0.25) is 10.1 Å². The van der Waals surface area contributed by atoms with Crippen LogP contribution < -0.4 is 15.4 Å². The number of benzene rings is 1. The topological polar surface area (TPSA) is 181 Å². The fourth-order valence-electron chi connectivity index (χ4n) is 5.80. The van der Waals surface area contributed by atoms with Gasteiger partial charge in [0.1, 0.15) is 12.3 Å². The molecule has 1 aliphatic rings. The van der Waals surface area contributed by atoms with Crippen LogP contribution in [0.15, 0.2) is 42.9 Å². The third-order valence-electron chi connectivity index (χ3n) is 8.27. The molecule has 4 atom stereocenters. The summed E-state index contributed by atoms with van der Waals surface area (Å²) in [6.45, 7) is 7.75. The van der Waals surface area contributed by atoms with E-state index in [-0.39, 0.29) is 25.6 Å². The number of carbonyl (C=O) groups is 2. The molecule has 48 heavy (non-hydrogen) atoms. The van der Waals surface area contributed by atoms with Gasteiger partial charge in [-0.25, -0.2) is 22.9 Å².